The van der Waals surface area contributed by atoms with Gasteiger partial charge in [-0.25, -0.2) is 4.98 Å². The van der Waals surface area contributed by atoms with Crippen molar-refractivity contribution in [3.05, 3.63) is 36.3 Å². The molecule has 10 heteroatoms. The Labute approximate surface area is 175 Å². The highest BCUT2D eigenvalue weighted by Gasteiger charge is 2.29. The van der Waals surface area contributed by atoms with Crippen molar-refractivity contribution < 1.29 is 9.59 Å². The molecule has 1 atom stereocenters. The van der Waals surface area contributed by atoms with E-state index in [1.165, 1.54) is 6.20 Å². The number of halogens is 2. The van der Waals surface area contributed by atoms with Crippen LogP contribution in [0.15, 0.2) is 30.6 Å². The maximum absolute atomic E-state index is 12.4. The van der Waals surface area contributed by atoms with Gasteiger partial charge < -0.3 is 16.0 Å². The van der Waals surface area contributed by atoms with Gasteiger partial charge in [0.2, 0.25) is 5.91 Å². The molecular formula is C18H24Cl2N6O2. The Morgan fingerprint density at radius 2 is 1.93 bits per heavy atom. The lowest BCUT2D eigenvalue weighted by atomic mass is 10.1. The highest BCUT2D eigenvalue weighted by atomic mass is 35.5. The first kappa shape index (κ1) is 22.1. The maximum Gasteiger partial charge on any atom is 0.276 e. The molecular weight excluding hydrogens is 403 g/mol. The van der Waals surface area contributed by atoms with Gasteiger partial charge in [0.25, 0.3) is 5.91 Å². The summed E-state index contributed by atoms with van der Waals surface area (Å²) in [5.41, 5.74) is 0.940. The fraction of sp³-hybridized carbons (Fsp3) is 0.444. The summed E-state index contributed by atoms with van der Waals surface area (Å²) < 4.78 is 1.86. The Kier molecular flexibility index (Phi) is 7.79. The molecule has 2 aromatic rings. The van der Waals surface area contributed by atoms with Crippen molar-refractivity contribution in [1.29, 1.82) is 0 Å². The molecule has 2 fully saturated rings. The summed E-state index contributed by atoms with van der Waals surface area (Å²) in [6, 6.07) is 5.42. The van der Waals surface area contributed by atoms with Crippen LogP contribution in [0.3, 0.4) is 0 Å². The third-order valence-corrected chi connectivity index (χ3v) is 4.71. The van der Waals surface area contributed by atoms with E-state index in [1.54, 1.807) is 18.2 Å². The molecule has 2 amide bonds. The van der Waals surface area contributed by atoms with E-state index in [9.17, 15) is 9.59 Å². The van der Waals surface area contributed by atoms with E-state index in [4.69, 9.17) is 0 Å². The average Bonchev–Trinajstić information content (AvgIpc) is 3.41. The van der Waals surface area contributed by atoms with Gasteiger partial charge >= 0.3 is 0 Å². The molecule has 4 rings (SSSR count). The number of anilines is 2. The van der Waals surface area contributed by atoms with Crippen LogP contribution in [-0.2, 0) is 4.79 Å². The van der Waals surface area contributed by atoms with Crippen LogP contribution in [0.25, 0.3) is 0 Å². The second kappa shape index (κ2) is 9.86. The Bertz CT molecular complexity index is 801. The van der Waals surface area contributed by atoms with Gasteiger partial charge in [0, 0.05) is 18.7 Å². The first-order chi connectivity index (χ1) is 12.7. The molecule has 152 valence electrons. The van der Waals surface area contributed by atoms with Crippen molar-refractivity contribution in [1.82, 2.24) is 20.1 Å². The van der Waals surface area contributed by atoms with E-state index in [0.29, 0.717) is 23.2 Å². The summed E-state index contributed by atoms with van der Waals surface area (Å²) in [7, 11) is 0. The van der Waals surface area contributed by atoms with Crippen LogP contribution in [-0.4, -0.2) is 39.7 Å². The number of carbonyl (C=O) groups excluding carboxylic acids is 2. The molecule has 2 aromatic heterocycles. The van der Waals surface area contributed by atoms with Gasteiger partial charge in [-0.2, -0.15) is 5.10 Å². The first-order valence-electron chi connectivity index (χ1n) is 9.03. The molecule has 1 saturated carbocycles. The third kappa shape index (κ3) is 5.43. The molecule has 0 radical (unpaired) electrons. The van der Waals surface area contributed by atoms with Crippen LogP contribution in [0.5, 0.6) is 0 Å². The van der Waals surface area contributed by atoms with Gasteiger partial charge in [0.15, 0.2) is 5.69 Å². The number of nitrogens with zero attached hydrogens (tertiary/aromatic N) is 3. The quantitative estimate of drug-likeness (QED) is 0.681. The van der Waals surface area contributed by atoms with Crippen LogP contribution < -0.4 is 16.0 Å². The lowest BCUT2D eigenvalue weighted by molar-refractivity contribution is -0.117. The minimum atomic E-state index is -0.274. The Balaban J connectivity index is 0.00000140. The molecule has 1 saturated heterocycles. The summed E-state index contributed by atoms with van der Waals surface area (Å²) in [6.45, 7) is 1.91. The highest BCUT2D eigenvalue weighted by molar-refractivity contribution is 6.02. The van der Waals surface area contributed by atoms with Gasteiger partial charge in [0.1, 0.15) is 5.82 Å². The molecule has 0 aromatic carbocycles. The van der Waals surface area contributed by atoms with Gasteiger partial charge in [-0.1, -0.05) is 0 Å². The summed E-state index contributed by atoms with van der Waals surface area (Å²) in [5, 5.41) is 13.3. The zero-order chi connectivity index (χ0) is 17.9. The number of aromatic nitrogens is 3. The molecule has 8 nitrogen and oxygen atoms in total. The van der Waals surface area contributed by atoms with E-state index >= 15 is 0 Å². The van der Waals surface area contributed by atoms with Gasteiger partial charge in [0.05, 0.1) is 17.9 Å². The molecule has 1 aliphatic carbocycles. The van der Waals surface area contributed by atoms with E-state index in [-0.39, 0.29) is 42.5 Å². The SMILES string of the molecule is Cl.Cl.O=C(Nc1ccc(NC(=O)C2CC2)nc1)c1ccn(C2CCCNC2)n1. The fourth-order valence-electron chi connectivity index (χ4n) is 3.03. The number of piperidine rings is 1. The second-order valence-corrected chi connectivity index (χ2v) is 6.83. The van der Waals surface area contributed by atoms with Crippen LogP contribution in [0.4, 0.5) is 11.5 Å². The van der Waals surface area contributed by atoms with Crippen LogP contribution in [0, 0.1) is 5.92 Å². The molecule has 28 heavy (non-hydrogen) atoms. The molecule has 0 bridgehead atoms. The number of carbonyl (C=O) groups is 2. The number of hydrogen-bond donors (Lipinski definition) is 3. The molecule has 0 spiro atoms. The minimum Gasteiger partial charge on any atom is -0.319 e. The number of pyridine rings is 1. The van der Waals surface area contributed by atoms with Crippen LogP contribution in [0.1, 0.15) is 42.2 Å². The lowest BCUT2D eigenvalue weighted by Gasteiger charge is -2.22. The molecule has 2 aliphatic rings. The Hall–Kier alpha value is -2.16. The van der Waals surface area contributed by atoms with Gasteiger partial charge in [-0.15, -0.1) is 24.8 Å². The van der Waals surface area contributed by atoms with Gasteiger partial charge in [-0.05, 0) is 50.4 Å². The predicted octanol–water partition coefficient (Wildman–Crippen LogP) is 2.65. The van der Waals surface area contributed by atoms with E-state index in [0.717, 1.165) is 38.8 Å². The summed E-state index contributed by atoms with van der Waals surface area (Å²) >= 11 is 0. The van der Waals surface area contributed by atoms with E-state index in [1.807, 2.05) is 10.9 Å². The largest absolute Gasteiger partial charge is 0.319 e. The van der Waals surface area contributed by atoms with Crippen LogP contribution in [0.2, 0.25) is 0 Å². The summed E-state index contributed by atoms with van der Waals surface area (Å²) in [4.78, 5) is 28.3. The summed E-state index contributed by atoms with van der Waals surface area (Å²) in [6.07, 6.45) is 7.45. The van der Waals surface area contributed by atoms with Crippen molar-refractivity contribution in [3.8, 4) is 0 Å². The number of nitrogens with one attached hydrogen (secondary N) is 3. The van der Waals surface area contributed by atoms with Gasteiger partial charge in [-0.3, -0.25) is 14.3 Å². The first-order valence-corrected chi connectivity index (χ1v) is 9.03. The molecule has 1 unspecified atom stereocenters. The lowest BCUT2D eigenvalue weighted by Crippen LogP contribution is -2.32. The van der Waals surface area contributed by atoms with Crippen molar-refractivity contribution >= 4 is 48.1 Å². The van der Waals surface area contributed by atoms with Crippen molar-refractivity contribution in [2.45, 2.75) is 31.7 Å². The number of rotatable bonds is 5. The second-order valence-electron chi connectivity index (χ2n) is 6.83. The highest BCUT2D eigenvalue weighted by Crippen LogP contribution is 2.30. The van der Waals surface area contributed by atoms with E-state index in [2.05, 4.69) is 26.0 Å². The van der Waals surface area contributed by atoms with Crippen molar-refractivity contribution in [2.75, 3.05) is 23.7 Å². The average molecular weight is 427 g/mol. The molecule has 3 heterocycles. The number of amides is 2. The predicted molar refractivity (Wildman–Crippen MR) is 111 cm³/mol. The Morgan fingerprint density at radius 3 is 2.57 bits per heavy atom. The normalized spacial score (nSPS) is 18.4. The zero-order valence-corrected chi connectivity index (χ0v) is 16.9. The Morgan fingerprint density at radius 1 is 1.11 bits per heavy atom. The standard InChI is InChI=1S/C18H22N6O2.2ClH/c25-17(12-3-4-12)22-16-6-5-13(10-20-16)21-18(26)15-7-9-24(23-15)14-2-1-8-19-11-14;;/h5-7,9-10,12,14,19H,1-4,8,11H2,(H,21,26)(H,20,22,25);2*1H. The smallest absolute Gasteiger partial charge is 0.276 e. The zero-order valence-electron chi connectivity index (χ0n) is 15.3. The summed E-state index contributed by atoms with van der Waals surface area (Å²) in [5.74, 6) is 0.362. The van der Waals surface area contributed by atoms with Crippen molar-refractivity contribution in [3.63, 3.8) is 0 Å². The monoisotopic (exact) mass is 426 g/mol. The van der Waals surface area contributed by atoms with E-state index < -0.39 is 0 Å². The fourth-order valence-corrected chi connectivity index (χ4v) is 3.03. The minimum absolute atomic E-state index is 0. The van der Waals surface area contributed by atoms with Crippen molar-refractivity contribution in [2.24, 2.45) is 5.92 Å². The third-order valence-electron chi connectivity index (χ3n) is 4.71. The molecule has 1 aliphatic heterocycles. The topological polar surface area (TPSA) is 101 Å². The van der Waals surface area contributed by atoms with Crippen LogP contribution >= 0.6 is 24.8 Å². The number of hydrogen-bond acceptors (Lipinski definition) is 5. The maximum atomic E-state index is 12.4. The molecule has 3 N–H and O–H groups in total.